The number of hydrogen-bond acceptors (Lipinski definition) is 4. The van der Waals surface area contributed by atoms with Crippen LogP contribution >= 0.6 is 0 Å². The molecule has 0 radical (unpaired) electrons. The molecule has 0 saturated heterocycles. The Bertz CT molecular complexity index is 947. The van der Waals surface area contributed by atoms with E-state index in [0.717, 1.165) is 10.5 Å². The zero-order valence-electron chi connectivity index (χ0n) is 17.4. The van der Waals surface area contributed by atoms with Gasteiger partial charge in [0.25, 0.3) is 17.7 Å². The highest BCUT2D eigenvalue weighted by Crippen LogP contribution is 2.22. The SMILES string of the molecule is CCN(Cc1ccc(C(=O)N(C)C)cc1)C(=O)CCN1C(=O)c2ccccc2C1=O. The number of carbonyl (C=O) groups is 4. The van der Waals surface area contributed by atoms with E-state index in [2.05, 4.69) is 0 Å². The van der Waals surface area contributed by atoms with Crippen LogP contribution in [-0.2, 0) is 11.3 Å². The summed E-state index contributed by atoms with van der Waals surface area (Å²) in [5.74, 6) is -0.923. The molecular formula is C23H25N3O4. The van der Waals surface area contributed by atoms with E-state index in [1.165, 1.54) is 4.90 Å². The van der Waals surface area contributed by atoms with E-state index < -0.39 is 0 Å². The molecule has 0 saturated carbocycles. The molecule has 1 heterocycles. The molecule has 30 heavy (non-hydrogen) atoms. The molecule has 0 aliphatic carbocycles. The summed E-state index contributed by atoms with van der Waals surface area (Å²) in [5, 5.41) is 0. The van der Waals surface area contributed by atoms with Crippen LogP contribution in [0.25, 0.3) is 0 Å². The normalized spacial score (nSPS) is 12.7. The lowest BCUT2D eigenvalue weighted by Gasteiger charge is -2.22. The van der Waals surface area contributed by atoms with E-state index in [1.54, 1.807) is 55.4 Å². The second-order valence-corrected chi connectivity index (χ2v) is 7.36. The van der Waals surface area contributed by atoms with E-state index in [4.69, 9.17) is 0 Å². The van der Waals surface area contributed by atoms with Crippen molar-refractivity contribution in [2.24, 2.45) is 0 Å². The van der Waals surface area contributed by atoms with Crippen molar-refractivity contribution in [3.05, 3.63) is 70.8 Å². The van der Waals surface area contributed by atoms with E-state index in [1.807, 2.05) is 19.1 Å². The summed E-state index contributed by atoms with van der Waals surface area (Å²) in [6.45, 7) is 2.83. The third kappa shape index (κ3) is 4.25. The summed E-state index contributed by atoms with van der Waals surface area (Å²) in [7, 11) is 3.39. The molecule has 0 atom stereocenters. The van der Waals surface area contributed by atoms with Crippen molar-refractivity contribution in [3.63, 3.8) is 0 Å². The highest BCUT2D eigenvalue weighted by Gasteiger charge is 2.35. The Kier molecular flexibility index (Phi) is 6.30. The van der Waals surface area contributed by atoms with Gasteiger partial charge in [0, 0.05) is 45.7 Å². The van der Waals surface area contributed by atoms with Crippen LogP contribution in [0.5, 0.6) is 0 Å². The Morgan fingerprint density at radius 1 is 0.900 bits per heavy atom. The van der Waals surface area contributed by atoms with Gasteiger partial charge in [-0.05, 0) is 36.8 Å². The van der Waals surface area contributed by atoms with Gasteiger partial charge in [-0.1, -0.05) is 24.3 Å². The molecule has 2 aromatic rings. The number of hydrogen-bond donors (Lipinski definition) is 0. The van der Waals surface area contributed by atoms with Gasteiger partial charge in [0.05, 0.1) is 11.1 Å². The average molecular weight is 407 g/mol. The molecule has 156 valence electrons. The van der Waals surface area contributed by atoms with Crippen LogP contribution in [-0.4, -0.2) is 65.5 Å². The highest BCUT2D eigenvalue weighted by molar-refractivity contribution is 6.21. The number of imide groups is 1. The van der Waals surface area contributed by atoms with E-state index in [0.29, 0.717) is 29.8 Å². The van der Waals surface area contributed by atoms with Crippen molar-refractivity contribution in [2.75, 3.05) is 27.2 Å². The Hall–Kier alpha value is -3.48. The van der Waals surface area contributed by atoms with Crippen molar-refractivity contribution >= 4 is 23.6 Å². The van der Waals surface area contributed by atoms with Crippen molar-refractivity contribution in [3.8, 4) is 0 Å². The molecule has 1 aliphatic rings. The van der Waals surface area contributed by atoms with Crippen LogP contribution in [0.2, 0.25) is 0 Å². The second kappa shape index (κ2) is 8.90. The first-order valence-electron chi connectivity index (χ1n) is 9.87. The van der Waals surface area contributed by atoms with Gasteiger partial charge in [0.2, 0.25) is 5.91 Å². The summed E-state index contributed by atoms with van der Waals surface area (Å²) in [5.41, 5.74) is 2.26. The van der Waals surface area contributed by atoms with Gasteiger partial charge >= 0.3 is 0 Å². The van der Waals surface area contributed by atoms with Gasteiger partial charge in [-0.2, -0.15) is 0 Å². The van der Waals surface area contributed by atoms with Crippen LogP contribution in [0.4, 0.5) is 0 Å². The fraction of sp³-hybridized carbons (Fsp3) is 0.304. The van der Waals surface area contributed by atoms with Crippen LogP contribution < -0.4 is 0 Å². The molecule has 0 unspecified atom stereocenters. The first-order valence-corrected chi connectivity index (χ1v) is 9.87. The first kappa shape index (κ1) is 21.2. The minimum Gasteiger partial charge on any atom is -0.345 e. The molecule has 7 nitrogen and oxygen atoms in total. The molecule has 0 bridgehead atoms. The molecule has 2 aromatic carbocycles. The number of amides is 4. The third-order valence-electron chi connectivity index (χ3n) is 5.14. The molecule has 1 aliphatic heterocycles. The lowest BCUT2D eigenvalue weighted by Crippen LogP contribution is -2.36. The van der Waals surface area contributed by atoms with Crippen LogP contribution in [0.15, 0.2) is 48.5 Å². The Labute approximate surface area is 175 Å². The molecule has 0 spiro atoms. The van der Waals surface area contributed by atoms with Gasteiger partial charge in [0.1, 0.15) is 0 Å². The standard InChI is InChI=1S/C23H25N3O4/c1-4-25(15-16-9-11-17(12-10-16)21(28)24(2)3)20(27)13-14-26-22(29)18-7-5-6-8-19(18)23(26)30/h5-12H,4,13-15H2,1-3H3. The minimum atomic E-state index is -0.354. The largest absolute Gasteiger partial charge is 0.345 e. The van der Waals surface area contributed by atoms with Gasteiger partial charge in [-0.3, -0.25) is 24.1 Å². The molecule has 7 heteroatoms. The number of benzene rings is 2. The Balaban J connectivity index is 1.60. The predicted molar refractivity (Wildman–Crippen MR) is 112 cm³/mol. The molecule has 0 N–H and O–H groups in total. The van der Waals surface area contributed by atoms with E-state index in [9.17, 15) is 19.2 Å². The lowest BCUT2D eigenvalue weighted by atomic mass is 10.1. The van der Waals surface area contributed by atoms with E-state index in [-0.39, 0.29) is 36.6 Å². The summed E-state index contributed by atoms with van der Waals surface area (Å²) < 4.78 is 0. The fourth-order valence-electron chi connectivity index (χ4n) is 3.42. The van der Waals surface area contributed by atoms with Crippen molar-refractivity contribution in [1.29, 1.82) is 0 Å². The number of carbonyl (C=O) groups excluding carboxylic acids is 4. The first-order chi connectivity index (χ1) is 14.3. The number of rotatable bonds is 7. The summed E-state index contributed by atoms with van der Waals surface area (Å²) in [6.07, 6.45) is 0.0660. The number of nitrogens with zero attached hydrogens (tertiary/aromatic N) is 3. The summed E-state index contributed by atoms with van der Waals surface area (Å²) >= 11 is 0. The van der Waals surface area contributed by atoms with Gasteiger partial charge in [-0.25, -0.2) is 0 Å². The van der Waals surface area contributed by atoms with Crippen LogP contribution in [0.1, 0.15) is 50.0 Å². The van der Waals surface area contributed by atoms with Gasteiger partial charge < -0.3 is 9.80 Å². The maximum atomic E-state index is 12.7. The zero-order chi connectivity index (χ0) is 21.8. The Morgan fingerprint density at radius 3 is 1.97 bits per heavy atom. The minimum absolute atomic E-state index is 0.0535. The quantitative estimate of drug-likeness (QED) is 0.661. The zero-order valence-corrected chi connectivity index (χ0v) is 17.4. The van der Waals surface area contributed by atoms with Gasteiger partial charge in [0.15, 0.2) is 0 Å². The van der Waals surface area contributed by atoms with Crippen molar-refractivity contribution < 1.29 is 19.2 Å². The molecule has 3 rings (SSSR count). The second-order valence-electron chi connectivity index (χ2n) is 7.36. The molecule has 0 fully saturated rings. The third-order valence-corrected chi connectivity index (χ3v) is 5.14. The average Bonchev–Trinajstić information content (AvgIpc) is 3.00. The molecule has 0 aromatic heterocycles. The fourth-order valence-corrected chi connectivity index (χ4v) is 3.42. The maximum Gasteiger partial charge on any atom is 0.261 e. The number of fused-ring (bicyclic) bond motifs is 1. The maximum absolute atomic E-state index is 12.7. The topological polar surface area (TPSA) is 78.0 Å². The van der Waals surface area contributed by atoms with Crippen LogP contribution in [0.3, 0.4) is 0 Å². The predicted octanol–water partition coefficient (Wildman–Crippen LogP) is 2.42. The van der Waals surface area contributed by atoms with Crippen molar-refractivity contribution in [2.45, 2.75) is 19.9 Å². The lowest BCUT2D eigenvalue weighted by molar-refractivity contribution is -0.131. The van der Waals surface area contributed by atoms with Crippen molar-refractivity contribution in [1.82, 2.24) is 14.7 Å². The summed E-state index contributed by atoms with van der Waals surface area (Å²) in [6, 6.07) is 13.8. The van der Waals surface area contributed by atoms with E-state index >= 15 is 0 Å². The molecular weight excluding hydrogens is 382 g/mol. The molecule has 4 amide bonds. The Morgan fingerprint density at radius 2 is 1.47 bits per heavy atom. The monoisotopic (exact) mass is 407 g/mol. The van der Waals surface area contributed by atoms with Gasteiger partial charge in [-0.15, -0.1) is 0 Å². The summed E-state index contributed by atoms with van der Waals surface area (Å²) in [4.78, 5) is 53.9. The highest BCUT2D eigenvalue weighted by atomic mass is 16.2. The van der Waals surface area contributed by atoms with Crippen LogP contribution in [0, 0.1) is 0 Å². The smallest absolute Gasteiger partial charge is 0.261 e.